The van der Waals surface area contributed by atoms with Crippen LogP contribution >= 0.6 is 104 Å². The number of carboxylic acid groups (broad SMARTS) is 3. The molecule has 0 aromatic carbocycles. The predicted octanol–water partition coefficient (Wildman–Crippen LogP) is 1.87. The molecule has 1 radical (unpaired) electrons. The summed E-state index contributed by atoms with van der Waals surface area (Å²) < 4.78 is -6.83. The van der Waals surface area contributed by atoms with Gasteiger partial charge in [0.25, 0.3) is 0 Å². The Labute approximate surface area is 301 Å². The fourth-order valence-corrected chi connectivity index (χ4v) is 4.91. The van der Waals surface area contributed by atoms with Gasteiger partial charge in [0, 0.05) is 0 Å². The molecule has 37 heavy (non-hydrogen) atoms. The van der Waals surface area contributed by atoms with Gasteiger partial charge in [0.1, 0.15) is 6.10 Å². The van der Waals surface area contributed by atoms with E-state index in [0.29, 0.717) is 0 Å². The molecule has 0 unspecified atom stereocenters. The zero-order valence-corrected chi connectivity index (χ0v) is 32.9. The van der Waals surface area contributed by atoms with E-state index in [2.05, 4.69) is 27.7 Å². The minimum Gasteiger partial charge on any atom is -0.545 e. The van der Waals surface area contributed by atoms with Gasteiger partial charge in [0.2, 0.25) is 11.4 Å². The quantitative estimate of drug-likeness (QED) is 0.265. The molecule has 3 N–H and O–H groups in total. The Morgan fingerprint density at radius 3 is 0.865 bits per heavy atom. The van der Waals surface area contributed by atoms with Crippen molar-refractivity contribution >= 4 is 122 Å². The van der Waals surface area contributed by atoms with E-state index in [1.807, 2.05) is 0 Å². The number of carboxylic acids is 3. The first-order valence-corrected chi connectivity index (χ1v) is 17.1. The normalized spacial score (nSPS) is 10.6. The number of aliphatic hydroxyl groups excluding tert-OH is 3. The van der Waals surface area contributed by atoms with Crippen molar-refractivity contribution in [3.05, 3.63) is 0 Å². The van der Waals surface area contributed by atoms with Crippen LogP contribution in [-0.2, 0) is 31.5 Å². The Bertz CT molecular complexity index is 517. The summed E-state index contributed by atoms with van der Waals surface area (Å²) in [6.07, 6.45) is -0.954. The minimum atomic E-state index is -2.28. The fraction of sp³-hybridized carbons (Fsp3) is 0.824. The van der Waals surface area contributed by atoms with Gasteiger partial charge in [-0.25, -0.2) is 0 Å². The molecule has 0 amide bonds. The zero-order chi connectivity index (χ0) is 30.5. The molecule has 0 atom stereocenters. The standard InChI is InChI=1S/2C4H9.C3H8O3.3C2HCl3O2.Nd.Zn/c2*1-4(2)3;4-1-3(6)2-5;3*3-2(4,5)1(6)7;;/h2*4H,1H2,2-3H3;3-6H,1-2H2;3*(H,6,7);;/q;;;;;;+3;/p-3. The van der Waals surface area contributed by atoms with Crippen molar-refractivity contribution in [2.45, 2.75) is 55.2 Å². The molecule has 217 valence electrons. The van der Waals surface area contributed by atoms with Gasteiger partial charge in [-0.2, -0.15) is 0 Å². The molecule has 0 heterocycles. The molecule has 0 aliphatic carbocycles. The van der Waals surface area contributed by atoms with E-state index in [1.165, 1.54) is 0 Å². The van der Waals surface area contributed by atoms with E-state index in [1.54, 1.807) is 10.0 Å². The largest absolute Gasteiger partial charge is 3.00 e. The molecule has 0 saturated carbocycles. The summed E-state index contributed by atoms with van der Waals surface area (Å²) in [4.78, 5) is 28.5. The van der Waals surface area contributed by atoms with Crippen LogP contribution in [0.15, 0.2) is 0 Å². The third kappa shape index (κ3) is 55.5. The van der Waals surface area contributed by atoms with E-state index < -0.39 is 35.4 Å². The third-order valence-corrected chi connectivity index (χ3v) is 10.6. The number of halogens is 9. The van der Waals surface area contributed by atoms with Crippen LogP contribution in [0.2, 0.25) is 10.0 Å². The number of aliphatic carboxylic acids is 3. The summed E-state index contributed by atoms with van der Waals surface area (Å²) in [6.45, 7) is 8.63. The molecule has 0 aliphatic rings. The van der Waals surface area contributed by atoms with Gasteiger partial charge in [-0.1, -0.05) is 104 Å². The Morgan fingerprint density at radius 2 is 0.811 bits per heavy atom. The molecule has 9 nitrogen and oxygen atoms in total. The average molecular weight is 903 g/mol. The van der Waals surface area contributed by atoms with Crippen molar-refractivity contribution in [2.75, 3.05) is 13.2 Å². The summed E-state index contributed by atoms with van der Waals surface area (Å²) in [7, 11) is 0. The second-order valence-electron chi connectivity index (χ2n) is 7.09. The van der Waals surface area contributed by atoms with Gasteiger partial charge in [0.05, 0.1) is 31.1 Å². The van der Waals surface area contributed by atoms with Crippen molar-refractivity contribution in [1.82, 2.24) is 0 Å². The molecule has 0 fully saturated rings. The molecule has 0 aliphatic heterocycles. The van der Waals surface area contributed by atoms with Crippen LogP contribution in [0.3, 0.4) is 0 Å². The molecule has 0 saturated heterocycles. The summed E-state index contributed by atoms with van der Waals surface area (Å²) in [5, 5.41) is 55.7. The summed E-state index contributed by atoms with van der Waals surface area (Å²) >= 11 is 42.6. The van der Waals surface area contributed by atoms with Crippen molar-refractivity contribution in [3.63, 3.8) is 0 Å². The molecule has 0 aromatic rings. The van der Waals surface area contributed by atoms with E-state index in [-0.39, 0.29) is 71.2 Å². The van der Waals surface area contributed by atoms with Crippen LogP contribution < -0.4 is 15.3 Å². The maximum absolute atomic E-state index is 9.51. The second kappa shape index (κ2) is 29.0. The van der Waals surface area contributed by atoms with Crippen molar-refractivity contribution in [2.24, 2.45) is 11.8 Å². The maximum atomic E-state index is 9.51. The van der Waals surface area contributed by atoms with Crippen LogP contribution in [0.25, 0.3) is 0 Å². The number of aliphatic hydroxyl groups is 3. The molecule has 0 spiro atoms. The molecule has 0 aromatic heterocycles. The van der Waals surface area contributed by atoms with Gasteiger partial charge in [-0.15, -0.1) is 0 Å². The van der Waals surface area contributed by atoms with Gasteiger partial charge in [-0.05, 0) is 0 Å². The van der Waals surface area contributed by atoms with E-state index in [0.717, 1.165) is 11.8 Å². The Hall–Kier alpha value is 2.87. The first-order chi connectivity index (χ1) is 15.8. The molecule has 0 bridgehead atoms. The molecule has 20 heteroatoms. The fourth-order valence-electron chi connectivity index (χ4n) is 0.992. The SMILES string of the molecule is CC(C)[CH2][Zn][CH2]C(C)C.O=C([O-])C(Cl)(Cl)Cl.O=C([O-])C(Cl)(Cl)Cl.O=C([O-])C(Cl)(Cl)Cl.OCC(O)CO.[Nd+3]. The van der Waals surface area contributed by atoms with Gasteiger partial charge in [-0.3, -0.25) is 0 Å². The monoisotopic (exact) mass is 895 g/mol. The van der Waals surface area contributed by atoms with Crippen molar-refractivity contribution in [1.29, 1.82) is 0 Å². The number of carbonyl (C=O) groups excluding carboxylic acids is 3. The topological polar surface area (TPSA) is 181 Å². The molecule has 0 rings (SSSR count). The molecular formula is C17H26Cl9NdO9Zn. The van der Waals surface area contributed by atoms with E-state index in [9.17, 15) is 29.7 Å². The zero-order valence-electron chi connectivity index (χ0n) is 20.0. The maximum Gasteiger partial charge on any atom is 3.00 e. The van der Waals surface area contributed by atoms with Crippen molar-refractivity contribution < 1.29 is 103 Å². The second-order valence-corrected chi connectivity index (χ2v) is 17.8. The Kier molecular flexibility index (Phi) is 41.1. The number of hydrogen-bond acceptors (Lipinski definition) is 9. The number of alkyl halides is 9. The van der Waals surface area contributed by atoms with Crippen LogP contribution in [0.1, 0.15) is 27.7 Å². The predicted molar refractivity (Wildman–Crippen MR) is 135 cm³/mol. The first-order valence-electron chi connectivity index (χ1n) is 9.51. The smallest absolute Gasteiger partial charge is 0.545 e. The number of hydrogen-bond donors (Lipinski definition) is 3. The van der Waals surface area contributed by atoms with E-state index >= 15 is 0 Å². The van der Waals surface area contributed by atoms with Gasteiger partial charge >= 0.3 is 108 Å². The average Bonchev–Trinajstić information content (AvgIpc) is 2.66. The van der Waals surface area contributed by atoms with E-state index in [4.69, 9.17) is 120 Å². The summed E-state index contributed by atoms with van der Waals surface area (Å²) in [6, 6.07) is 0. The van der Waals surface area contributed by atoms with Crippen LogP contribution in [0.4, 0.5) is 0 Å². The number of rotatable bonds is 6. The van der Waals surface area contributed by atoms with Crippen molar-refractivity contribution in [3.8, 4) is 0 Å². The Morgan fingerprint density at radius 1 is 0.649 bits per heavy atom. The van der Waals surface area contributed by atoms with Gasteiger partial charge in [0.15, 0.2) is 0 Å². The third-order valence-electron chi connectivity index (χ3n) is 2.68. The first kappa shape index (κ1) is 52.5. The van der Waals surface area contributed by atoms with Crippen LogP contribution in [0.5, 0.6) is 0 Å². The van der Waals surface area contributed by atoms with Crippen LogP contribution in [0, 0.1) is 52.7 Å². The Balaban J connectivity index is -0.0000000811. The minimum absolute atomic E-state index is 0. The number of carbonyl (C=O) groups is 3. The summed E-state index contributed by atoms with van der Waals surface area (Å²) in [5.74, 6) is -3.18. The van der Waals surface area contributed by atoms with Gasteiger partial charge < -0.3 is 45.0 Å². The summed E-state index contributed by atoms with van der Waals surface area (Å²) in [5.41, 5.74) is 0. The molecular weight excluding hydrogens is 877 g/mol. The van der Waals surface area contributed by atoms with Crippen LogP contribution in [-0.4, -0.2) is 63.9 Å².